The van der Waals surface area contributed by atoms with Crippen molar-refractivity contribution in [2.75, 3.05) is 47.0 Å². The predicted octanol–water partition coefficient (Wildman–Crippen LogP) is 3.91. The van der Waals surface area contributed by atoms with E-state index in [1.807, 2.05) is 47.4 Å². The van der Waals surface area contributed by atoms with Gasteiger partial charge in [-0.3, -0.25) is 9.69 Å². The predicted molar refractivity (Wildman–Crippen MR) is 118 cm³/mol. The molecule has 0 spiro atoms. The van der Waals surface area contributed by atoms with Crippen LogP contribution in [0.2, 0.25) is 5.02 Å². The van der Waals surface area contributed by atoms with Gasteiger partial charge in [0.25, 0.3) is 0 Å². The van der Waals surface area contributed by atoms with Gasteiger partial charge in [0.2, 0.25) is 5.91 Å². The Bertz CT molecular complexity index is 880. The van der Waals surface area contributed by atoms with Gasteiger partial charge in [-0.2, -0.15) is 0 Å². The molecule has 2 fully saturated rings. The van der Waals surface area contributed by atoms with Crippen molar-refractivity contribution in [1.82, 2.24) is 9.80 Å². The lowest BCUT2D eigenvalue weighted by Crippen LogP contribution is -2.56. The number of benzene rings is 2. The summed E-state index contributed by atoms with van der Waals surface area (Å²) in [4.78, 5) is 18.3. The van der Waals surface area contributed by atoms with Crippen molar-refractivity contribution in [1.29, 1.82) is 0 Å². The zero-order valence-corrected chi connectivity index (χ0v) is 18.4. The van der Waals surface area contributed by atoms with Crippen molar-refractivity contribution in [3.05, 3.63) is 64.7 Å². The summed E-state index contributed by atoms with van der Waals surface area (Å²) in [5, 5.41) is 0.684. The maximum atomic E-state index is 14.0. The number of methoxy groups -OCH3 is 1. The van der Waals surface area contributed by atoms with Gasteiger partial charge in [-0.05, 0) is 43.7 Å². The molecular weight excluding hydrogens is 400 g/mol. The minimum absolute atomic E-state index is 0.0981. The zero-order valence-electron chi connectivity index (χ0n) is 17.6. The molecule has 6 heteroatoms. The monoisotopic (exact) mass is 428 g/mol. The van der Waals surface area contributed by atoms with Gasteiger partial charge in [0.1, 0.15) is 5.75 Å². The molecule has 5 nitrogen and oxygen atoms in total. The Labute approximate surface area is 183 Å². The lowest BCUT2D eigenvalue weighted by Gasteiger charge is -2.45. The lowest BCUT2D eigenvalue weighted by atomic mass is 9.72. The largest absolute Gasteiger partial charge is 0.496 e. The van der Waals surface area contributed by atoms with Gasteiger partial charge >= 0.3 is 0 Å². The SMILES string of the molecule is COc1ccccc1C1CN(C(=O)C2(c3ccc(Cl)cc3)CCOCC2)CCN1C. The molecule has 2 saturated heterocycles. The van der Waals surface area contributed by atoms with Crippen LogP contribution in [0, 0.1) is 0 Å². The Morgan fingerprint density at radius 1 is 1.10 bits per heavy atom. The number of likely N-dealkylation sites (N-methyl/N-ethyl adjacent to an activating group) is 1. The maximum Gasteiger partial charge on any atom is 0.233 e. The van der Waals surface area contributed by atoms with Crippen LogP contribution in [0.25, 0.3) is 0 Å². The van der Waals surface area contributed by atoms with Gasteiger partial charge in [0, 0.05) is 43.4 Å². The minimum Gasteiger partial charge on any atom is -0.496 e. The molecule has 4 rings (SSSR count). The van der Waals surface area contributed by atoms with Crippen molar-refractivity contribution in [2.45, 2.75) is 24.3 Å². The summed E-state index contributed by atoms with van der Waals surface area (Å²) in [5.41, 5.74) is 1.60. The van der Waals surface area contributed by atoms with Crippen LogP contribution in [-0.2, 0) is 14.9 Å². The Morgan fingerprint density at radius 2 is 1.80 bits per heavy atom. The number of rotatable bonds is 4. The van der Waals surface area contributed by atoms with Crippen molar-refractivity contribution in [2.24, 2.45) is 0 Å². The third-order valence-corrected chi connectivity index (χ3v) is 6.84. The van der Waals surface area contributed by atoms with E-state index in [0.29, 0.717) is 37.6 Å². The molecule has 0 aromatic heterocycles. The average molecular weight is 429 g/mol. The van der Waals surface area contributed by atoms with E-state index in [1.54, 1.807) is 7.11 Å². The summed E-state index contributed by atoms with van der Waals surface area (Å²) < 4.78 is 11.2. The second-order valence-corrected chi connectivity index (χ2v) is 8.63. The number of carbonyl (C=O) groups excluding carboxylic acids is 1. The summed E-state index contributed by atoms with van der Waals surface area (Å²) >= 11 is 6.12. The first-order valence-electron chi connectivity index (χ1n) is 10.5. The van der Waals surface area contributed by atoms with Crippen LogP contribution in [0.15, 0.2) is 48.5 Å². The van der Waals surface area contributed by atoms with Gasteiger partial charge in [-0.1, -0.05) is 41.9 Å². The minimum atomic E-state index is -0.552. The Morgan fingerprint density at radius 3 is 2.50 bits per heavy atom. The summed E-state index contributed by atoms with van der Waals surface area (Å²) in [7, 11) is 3.81. The second-order valence-electron chi connectivity index (χ2n) is 8.19. The highest BCUT2D eigenvalue weighted by atomic mass is 35.5. The molecule has 160 valence electrons. The van der Waals surface area contributed by atoms with E-state index in [0.717, 1.165) is 30.0 Å². The first-order valence-corrected chi connectivity index (χ1v) is 10.9. The van der Waals surface area contributed by atoms with Gasteiger partial charge in [0.15, 0.2) is 0 Å². The molecule has 1 amide bonds. The summed E-state index contributed by atoms with van der Waals surface area (Å²) in [6, 6.07) is 15.9. The first-order chi connectivity index (χ1) is 14.5. The number of hydrogen-bond donors (Lipinski definition) is 0. The average Bonchev–Trinajstić information content (AvgIpc) is 2.80. The molecule has 0 bridgehead atoms. The molecule has 1 atom stereocenters. The van der Waals surface area contributed by atoms with Crippen LogP contribution in [0.3, 0.4) is 0 Å². The van der Waals surface area contributed by atoms with E-state index in [-0.39, 0.29) is 11.9 Å². The number of carbonyl (C=O) groups is 1. The molecule has 2 aromatic carbocycles. The van der Waals surface area contributed by atoms with Gasteiger partial charge in [0.05, 0.1) is 18.6 Å². The number of amides is 1. The number of para-hydroxylation sites is 1. The molecule has 2 aromatic rings. The molecule has 0 aliphatic carbocycles. The molecule has 0 radical (unpaired) electrons. The molecular formula is C24H29ClN2O3. The smallest absolute Gasteiger partial charge is 0.233 e. The van der Waals surface area contributed by atoms with Crippen LogP contribution in [-0.4, -0.2) is 62.7 Å². The lowest BCUT2D eigenvalue weighted by molar-refractivity contribution is -0.144. The zero-order chi connectivity index (χ0) is 21.1. The molecule has 0 saturated carbocycles. The number of ether oxygens (including phenoxy) is 2. The van der Waals surface area contributed by atoms with E-state index >= 15 is 0 Å². The maximum absolute atomic E-state index is 14.0. The number of piperazine rings is 1. The van der Waals surface area contributed by atoms with Crippen LogP contribution in [0.4, 0.5) is 0 Å². The van der Waals surface area contributed by atoms with Crippen molar-refractivity contribution >= 4 is 17.5 Å². The van der Waals surface area contributed by atoms with Crippen LogP contribution >= 0.6 is 11.6 Å². The van der Waals surface area contributed by atoms with E-state index in [2.05, 4.69) is 18.0 Å². The highest BCUT2D eigenvalue weighted by molar-refractivity contribution is 6.30. The molecule has 2 aliphatic heterocycles. The van der Waals surface area contributed by atoms with Crippen LogP contribution in [0.1, 0.15) is 30.0 Å². The first kappa shape index (κ1) is 21.2. The molecule has 2 heterocycles. The molecule has 1 unspecified atom stereocenters. The van der Waals surface area contributed by atoms with Gasteiger partial charge in [-0.25, -0.2) is 0 Å². The Balaban J connectivity index is 1.64. The van der Waals surface area contributed by atoms with Crippen LogP contribution < -0.4 is 4.74 Å². The molecule has 30 heavy (non-hydrogen) atoms. The molecule has 0 N–H and O–H groups in total. The quantitative estimate of drug-likeness (QED) is 0.740. The van der Waals surface area contributed by atoms with Gasteiger partial charge in [-0.15, -0.1) is 0 Å². The normalized spacial score (nSPS) is 22.0. The number of halogens is 1. The number of hydrogen-bond acceptors (Lipinski definition) is 4. The summed E-state index contributed by atoms with van der Waals surface area (Å²) in [6.07, 6.45) is 1.39. The topological polar surface area (TPSA) is 42.0 Å². The summed E-state index contributed by atoms with van der Waals surface area (Å²) in [6.45, 7) is 3.38. The van der Waals surface area contributed by atoms with Crippen LogP contribution in [0.5, 0.6) is 5.75 Å². The highest BCUT2D eigenvalue weighted by Gasteiger charge is 2.45. The van der Waals surface area contributed by atoms with E-state index in [9.17, 15) is 4.79 Å². The van der Waals surface area contributed by atoms with Crippen molar-refractivity contribution in [3.63, 3.8) is 0 Å². The van der Waals surface area contributed by atoms with Gasteiger partial charge < -0.3 is 14.4 Å². The Kier molecular flexibility index (Phi) is 6.32. The standard InChI is InChI=1S/C24H29ClN2O3/c1-26-13-14-27(17-21(26)20-5-3-4-6-22(20)29-2)23(28)24(11-15-30-16-12-24)18-7-9-19(25)10-8-18/h3-10,21H,11-17H2,1-2H3. The fraction of sp³-hybridized carbons (Fsp3) is 0.458. The Hall–Kier alpha value is -2.08. The van der Waals surface area contributed by atoms with E-state index < -0.39 is 5.41 Å². The van der Waals surface area contributed by atoms with Crippen molar-refractivity contribution < 1.29 is 14.3 Å². The van der Waals surface area contributed by atoms with Crippen molar-refractivity contribution in [3.8, 4) is 5.75 Å². The third-order valence-electron chi connectivity index (χ3n) is 6.59. The fourth-order valence-electron chi connectivity index (χ4n) is 4.75. The fourth-order valence-corrected chi connectivity index (χ4v) is 4.88. The molecule has 2 aliphatic rings. The van der Waals surface area contributed by atoms with E-state index in [1.165, 1.54) is 0 Å². The highest BCUT2D eigenvalue weighted by Crippen LogP contribution is 2.39. The van der Waals surface area contributed by atoms with E-state index in [4.69, 9.17) is 21.1 Å². The summed E-state index contributed by atoms with van der Waals surface area (Å²) in [5.74, 6) is 1.06. The number of nitrogens with zero attached hydrogens (tertiary/aromatic N) is 2. The third kappa shape index (κ3) is 3.94. The second kappa shape index (κ2) is 8.96.